The first-order valence-corrected chi connectivity index (χ1v) is 6.46. The molecule has 0 aliphatic carbocycles. The van der Waals surface area contributed by atoms with Gasteiger partial charge in [-0.15, -0.1) is 0 Å². The van der Waals surface area contributed by atoms with E-state index >= 15 is 0 Å². The van der Waals surface area contributed by atoms with E-state index in [0.717, 1.165) is 4.90 Å². The molecule has 1 aliphatic rings. The number of nitrogens with zero attached hydrogens (tertiary/aromatic N) is 2. The maximum Gasteiger partial charge on any atom is 0.277 e. The summed E-state index contributed by atoms with van der Waals surface area (Å²) in [4.78, 5) is 28.6. The van der Waals surface area contributed by atoms with Crippen molar-refractivity contribution in [3.8, 4) is 0 Å². The second kappa shape index (κ2) is 5.19. The summed E-state index contributed by atoms with van der Waals surface area (Å²) in [5, 5.41) is 12.0. The number of hydrogen-bond donors (Lipinski definition) is 2. The van der Waals surface area contributed by atoms with E-state index in [-0.39, 0.29) is 18.8 Å². The normalized spacial score (nSPS) is 15.0. The minimum absolute atomic E-state index is 0.0474. The lowest BCUT2D eigenvalue weighted by Gasteiger charge is -2.13. The average molecular weight is 308 g/mol. The fraction of sp³-hybridized carbons (Fsp3) is 0.154. The van der Waals surface area contributed by atoms with Gasteiger partial charge in [-0.25, -0.2) is 4.98 Å². The first-order valence-electron chi connectivity index (χ1n) is 6.08. The van der Waals surface area contributed by atoms with E-state index in [9.17, 15) is 9.59 Å². The number of nitrogens with one attached hydrogen (secondary N) is 1. The van der Waals surface area contributed by atoms with Gasteiger partial charge in [0, 0.05) is 12.1 Å². The van der Waals surface area contributed by atoms with Crippen molar-refractivity contribution in [2.45, 2.75) is 0 Å². The number of halogens is 1. The summed E-state index contributed by atoms with van der Waals surface area (Å²) in [6.45, 7) is -0.336. The molecule has 2 N–H and O–H groups in total. The topological polar surface area (TPSA) is 95.7 Å². The van der Waals surface area contributed by atoms with Crippen molar-refractivity contribution in [1.82, 2.24) is 9.88 Å². The van der Waals surface area contributed by atoms with Gasteiger partial charge in [0.1, 0.15) is 11.2 Å². The van der Waals surface area contributed by atoms with Gasteiger partial charge >= 0.3 is 0 Å². The molecule has 2 heterocycles. The Morgan fingerprint density at radius 3 is 2.95 bits per heavy atom. The predicted molar refractivity (Wildman–Crippen MR) is 74.5 cm³/mol. The lowest BCUT2D eigenvalue weighted by atomic mass is 10.2. The number of carbonyl (C=O) groups is 2. The Morgan fingerprint density at radius 2 is 2.19 bits per heavy atom. The van der Waals surface area contributed by atoms with Gasteiger partial charge in [-0.2, -0.15) is 0 Å². The van der Waals surface area contributed by atoms with E-state index in [2.05, 4.69) is 10.3 Å². The molecule has 21 heavy (non-hydrogen) atoms. The van der Waals surface area contributed by atoms with Crippen LogP contribution >= 0.6 is 11.6 Å². The number of rotatable bonds is 4. The minimum atomic E-state index is -0.511. The van der Waals surface area contributed by atoms with Gasteiger partial charge in [-0.1, -0.05) is 11.6 Å². The number of anilines is 1. The third-order valence-electron chi connectivity index (χ3n) is 3.02. The second-order valence-corrected chi connectivity index (χ2v) is 4.76. The summed E-state index contributed by atoms with van der Waals surface area (Å²) in [6.07, 6.45) is 2.45. The number of fused-ring (bicyclic) bond motifs is 1. The van der Waals surface area contributed by atoms with Crippen LogP contribution in [0.2, 0.25) is 5.02 Å². The van der Waals surface area contributed by atoms with Gasteiger partial charge in [0.25, 0.3) is 11.8 Å². The van der Waals surface area contributed by atoms with Crippen LogP contribution < -0.4 is 5.32 Å². The highest BCUT2D eigenvalue weighted by Crippen LogP contribution is 2.29. The summed E-state index contributed by atoms with van der Waals surface area (Å²) in [5.41, 5.74) is 1.62. The van der Waals surface area contributed by atoms with Crippen LogP contribution in [0.3, 0.4) is 0 Å². The summed E-state index contributed by atoms with van der Waals surface area (Å²) in [6, 6.07) is 3.19. The number of aliphatic hydroxyl groups is 1. The van der Waals surface area contributed by atoms with Crippen molar-refractivity contribution < 1.29 is 19.1 Å². The quantitative estimate of drug-likeness (QED) is 0.822. The highest BCUT2D eigenvalue weighted by atomic mass is 35.5. The van der Waals surface area contributed by atoms with Crippen molar-refractivity contribution in [3.63, 3.8) is 0 Å². The van der Waals surface area contributed by atoms with Crippen LogP contribution in [0, 0.1) is 0 Å². The van der Waals surface area contributed by atoms with E-state index < -0.39 is 11.8 Å². The van der Waals surface area contributed by atoms with E-state index in [0.29, 0.717) is 21.8 Å². The minimum Gasteiger partial charge on any atom is -0.443 e. The summed E-state index contributed by atoms with van der Waals surface area (Å²) >= 11 is 6.10. The number of amides is 2. The Morgan fingerprint density at radius 1 is 1.38 bits per heavy atom. The third-order valence-corrected chi connectivity index (χ3v) is 3.34. The average Bonchev–Trinajstić information content (AvgIpc) is 2.99. The molecule has 0 unspecified atom stereocenters. The molecule has 1 aromatic carbocycles. The van der Waals surface area contributed by atoms with Crippen LogP contribution in [-0.2, 0) is 9.59 Å². The molecule has 0 saturated heterocycles. The van der Waals surface area contributed by atoms with Crippen LogP contribution in [0.15, 0.2) is 34.7 Å². The molecular formula is C13H10ClN3O4. The highest BCUT2D eigenvalue weighted by Gasteiger charge is 2.30. The summed E-state index contributed by atoms with van der Waals surface area (Å²) in [5.74, 6) is -0.990. The number of hydrogen-bond acceptors (Lipinski definition) is 6. The molecular weight excluding hydrogens is 298 g/mol. The van der Waals surface area contributed by atoms with Gasteiger partial charge in [-0.05, 0) is 6.07 Å². The number of β-amino-alcohol motifs (C(OH)–C–C–N with tert-alkyl or cyclic N) is 1. The molecule has 1 aliphatic heterocycles. The SMILES string of the molecule is O=C1C=C(Nc2cc3ocnc3cc2Cl)C(=O)N1CCO. The zero-order valence-electron chi connectivity index (χ0n) is 10.7. The molecule has 1 aromatic heterocycles. The number of aliphatic hydroxyl groups excluding tert-OH is 1. The molecule has 3 rings (SSSR count). The lowest BCUT2D eigenvalue weighted by molar-refractivity contribution is -0.137. The fourth-order valence-electron chi connectivity index (χ4n) is 2.03. The molecule has 7 nitrogen and oxygen atoms in total. The van der Waals surface area contributed by atoms with Gasteiger partial charge in [0.2, 0.25) is 0 Å². The molecule has 0 spiro atoms. The molecule has 2 aromatic rings. The number of oxazole rings is 1. The van der Waals surface area contributed by atoms with E-state index in [1.54, 1.807) is 12.1 Å². The van der Waals surface area contributed by atoms with Crippen LogP contribution in [0.1, 0.15) is 0 Å². The maximum absolute atomic E-state index is 12.0. The molecule has 0 radical (unpaired) electrons. The van der Waals surface area contributed by atoms with Crippen molar-refractivity contribution in [2.24, 2.45) is 0 Å². The Hall–Kier alpha value is -2.38. The van der Waals surface area contributed by atoms with Crippen molar-refractivity contribution in [2.75, 3.05) is 18.5 Å². The predicted octanol–water partition coefficient (Wildman–Crippen LogP) is 1.14. The standard InChI is InChI=1S/C13H10ClN3O4/c14-7-3-9-11(21-6-15-9)4-8(7)16-10-5-12(19)17(1-2-18)13(10)20/h3-6,16,18H,1-2H2. The van der Waals surface area contributed by atoms with Gasteiger partial charge in [0.05, 0.1) is 23.9 Å². The molecule has 0 bridgehead atoms. The number of imide groups is 1. The fourth-order valence-corrected chi connectivity index (χ4v) is 2.23. The molecule has 8 heteroatoms. The summed E-state index contributed by atoms with van der Waals surface area (Å²) < 4.78 is 5.16. The zero-order chi connectivity index (χ0) is 15.0. The number of benzene rings is 1. The second-order valence-electron chi connectivity index (χ2n) is 4.35. The maximum atomic E-state index is 12.0. The van der Waals surface area contributed by atoms with Crippen LogP contribution in [0.5, 0.6) is 0 Å². The molecule has 0 saturated carbocycles. The van der Waals surface area contributed by atoms with Crippen molar-refractivity contribution >= 4 is 40.2 Å². The monoisotopic (exact) mass is 307 g/mol. The summed E-state index contributed by atoms with van der Waals surface area (Å²) in [7, 11) is 0. The Kier molecular flexibility index (Phi) is 3.36. The number of carbonyl (C=O) groups excluding carboxylic acids is 2. The van der Waals surface area contributed by atoms with Crippen molar-refractivity contribution in [1.29, 1.82) is 0 Å². The Labute approximate surface area is 123 Å². The lowest BCUT2D eigenvalue weighted by Crippen LogP contribution is -2.34. The van der Waals surface area contributed by atoms with Gasteiger partial charge in [0.15, 0.2) is 12.0 Å². The largest absolute Gasteiger partial charge is 0.443 e. The number of aromatic nitrogens is 1. The smallest absolute Gasteiger partial charge is 0.277 e. The molecule has 0 atom stereocenters. The van der Waals surface area contributed by atoms with Crippen molar-refractivity contribution in [3.05, 3.63) is 35.3 Å². The van der Waals surface area contributed by atoms with E-state index in [1.165, 1.54) is 12.5 Å². The van der Waals surface area contributed by atoms with E-state index in [4.69, 9.17) is 21.1 Å². The molecule has 108 valence electrons. The first-order chi connectivity index (χ1) is 10.1. The highest BCUT2D eigenvalue weighted by molar-refractivity contribution is 6.34. The first kappa shape index (κ1) is 13.6. The van der Waals surface area contributed by atoms with Crippen LogP contribution in [-0.4, -0.2) is 40.0 Å². The third kappa shape index (κ3) is 2.37. The van der Waals surface area contributed by atoms with Gasteiger partial charge in [-0.3, -0.25) is 14.5 Å². The van der Waals surface area contributed by atoms with Crippen LogP contribution in [0.4, 0.5) is 5.69 Å². The Balaban J connectivity index is 1.88. The van der Waals surface area contributed by atoms with Gasteiger partial charge < -0.3 is 14.8 Å². The Bertz CT molecular complexity index is 768. The van der Waals surface area contributed by atoms with Crippen LogP contribution in [0.25, 0.3) is 11.1 Å². The zero-order valence-corrected chi connectivity index (χ0v) is 11.4. The molecule has 0 fully saturated rings. The van der Waals surface area contributed by atoms with E-state index in [1.807, 2.05) is 0 Å². The molecule has 2 amide bonds.